The molecule has 2 N–H and O–H groups in total. The molecule has 1 aromatic heterocycles. The molecular weight excluding hydrogens is 328 g/mol. The third-order valence-electron chi connectivity index (χ3n) is 4.22. The maximum Gasteiger partial charge on any atom is 0.238 e. The van der Waals surface area contributed by atoms with E-state index in [1.165, 1.54) is 24.3 Å². The van der Waals surface area contributed by atoms with Gasteiger partial charge in [0.1, 0.15) is 5.75 Å². The number of carbonyl (C=O) groups excluding carboxylic acids is 1. The standard InChI is InChI=1S/C17H20N2O4S/c1-11-9-16(12(2)19(11)13-3-4-13)17(20)10-23-14-5-7-15(8-6-14)24(18,21)22/h5-9,13H,3-4,10H2,1-2H3,(H2,18,21,22). The van der Waals surface area contributed by atoms with Crippen molar-refractivity contribution in [1.29, 1.82) is 0 Å². The van der Waals surface area contributed by atoms with Crippen LogP contribution in [0.15, 0.2) is 35.2 Å². The summed E-state index contributed by atoms with van der Waals surface area (Å²) >= 11 is 0. The molecule has 3 rings (SSSR count). The van der Waals surface area contributed by atoms with Crippen LogP contribution in [0.4, 0.5) is 0 Å². The highest BCUT2D eigenvalue weighted by molar-refractivity contribution is 7.89. The predicted octanol–water partition coefficient (Wildman–Crippen LogP) is 2.35. The minimum Gasteiger partial charge on any atom is -0.485 e. The average molecular weight is 348 g/mol. The first-order valence-corrected chi connectivity index (χ1v) is 9.29. The summed E-state index contributed by atoms with van der Waals surface area (Å²) in [6.07, 6.45) is 2.33. The maximum absolute atomic E-state index is 12.4. The predicted molar refractivity (Wildman–Crippen MR) is 89.8 cm³/mol. The Balaban J connectivity index is 1.69. The van der Waals surface area contributed by atoms with E-state index >= 15 is 0 Å². The molecule has 0 aliphatic heterocycles. The van der Waals surface area contributed by atoms with E-state index in [1.807, 2.05) is 19.9 Å². The van der Waals surface area contributed by atoms with Gasteiger partial charge in [0.2, 0.25) is 15.8 Å². The number of Topliss-reactive ketones (excluding diaryl/α,β-unsaturated/α-hetero) is 1. The summed E-state index contributed by atoms with van der Waals surface area (Å²) in [5, 5.41) is 5.04. The Hall–Kier alpha value is -2.12. The van der Waals surface area contributed by atoms with Gasteiger partial charge in [-0.05, 0) is 57.0 Å². The molecule has 128 valence electrons. The molecule has 0 unspecified atom stereocenters. The molecule has 1 fully saturated rings. The minimum atomic E-state index is -3.73. The molecule has 1 aliphatic carbocycles. The van der Waals surface area contributed by atoms with Gasteiger partial charge in [0.15, 0.2) is 6.61 Å². The van der Waals surface area contributed by atoms with Crippen LogP contribution in [0.2, 0.25) is 0 Å². The fourth-order valence-corrected chi connectivity index (χ4v) is 3.42. The van der Waals surface area contributed by atoms with Gasteiger partial charge in [-0.1, -0.05) is 0 Å². The van der Waals surface area contributed by atoms with Gasteiger partial charge >= 0.3 is 0 Å². The number of nitrogens with zero attached hydrogens (tertiary/aromatic N) is 1. The first-order valence-electron chi connectivity index (χ1n) is 7.74. The van der Waals surface area contributed by atoms with Crippen LogP contribution in [0.1, 0.15) is 40.6 Å². The fraction of sp³-hybridized carbons (Fsp3) is 0.353. The van der Waals surface area contributed by atoms with Gasteiger partial charge in [0, 0.05) is 23.0 Å². The van der Waals surface area contributed by atoms with Crippen LogP contribution in [0, 0.1) is 13.8 Å². The van der Waals surface area contributed by atoms with E-state index in [4.69, 9.17) is 9.88 Å². The number of ether oxygens (including phenoxy) is 1. The third kappa shape index (κ3) is 3.37. The van der Waals surface area contributed by atoms with E-state index < -0.39 is 10.0 Å². The molecular formula is C17H20N2O4S. The van der Waals surface area contributed by atoms with Crippen molar-refractivity contribution in [1.82, 2.24) is 4.57 Å². The molecule has 0 amide bonds. The van der Waals surface area contributed by atoms with E-state index in [0.717, 1.165) is 24.2 Å². The molecule has 1 heterocycles. The molecule has 24 heavy (non-hydrogen) atoms. The smallest absolute Gasteiger partial charge is 0.238 e. The van der Waals surface area contributed by atoms with E-state index in [-0.39, 0.29) is 17.3 Å². The van der Waals surface area contributed by atoms with Crippen LogP contribution in [0.25, 0.3) is 0 Å². The maximum atomic E-state index is 12.4. The molecule has 0 saturated heterocycles. The molecule has 2 aromatic rings. The molecule has 0 atom stereocenters. The SMILES string of the molecule is Cc1cc(C(=O)COc2ccc(S(N)(=O)=O)cc2)c(C)n1C1CC1. The van der Waals surface area contributed by atoms with Crippen LogP contribution in [0.5, 0.6) is 5.75 Å². The number of aromatic nitrogens is 1. The highest BCUT2D eigenvalue weighted by Gasteiger charge is 2.28. The summed E-state index contributed by atoms with van der Waals surface area (Å²) in [6, 6.07) is 8.12. The fourth-order valence-electron chi connectivity index (χ4n) is 2.91. The lowest BCUT2D eigenvalue weighted by Crippen LogP contribution is -2.14. The quantitative estimate of drug-likeness (QED) is 0.811. The molecule has 0 bridgehead atoms. The summed E-state index contributed by atoms with van der Waals surface area (Å²) < 4.78 is 30.1. The highest BCUT2D eigenvalue weighted by atomic mass is 32.2. The van der Waals surface area contributed by atoms with Crippen LogP contribution in [-0.2, 0) is 10.0 Å². The number of primary sulfonamides is 1. The summed E-state index contributed by atoms with van der Waals surface area (Å²) in [5.74, 6) is 0.331. The molecule has 1 aliphatic rings. The van der Waals surface area contributed by atoms with Crippen LogP contribution in [0.3, 0.4) is 0 Å². The van der Waals surface area contributed by atoms with Gasteiger partial charge in [-0.2, -0.15) is 0 Å². The van der Waals surface area contributed by atoms with Crippen molar-refractivity contribution in [2.24, 2.45) is 5.14 Å². The number of benzene rings is 1. The summed E-state index contributed by atoms with van der Waals surface area (Å²) in [7, 11) is -3.73. The lowest BCUT2D eigenvalue weighted by Gasteiger charge is -2.08. The molecule has 0 spiro atoms. The Bertz CT molecular complexity index is 878. The van der Waals surface area contributed by atoms with Gasteiger partial charge in [-0.3, -0.25) is 4.79 Å². The number of carbonyl (C=O) groups is 1. The second-order valence-electron chi connectivity index (χ2n) is 6.11. The first kappa shape index (κ1) is 16.7. The van der Waals surface area contributed by atoms with E-state index in [0.29, 0.717) is 17.4 Å². The summed E-state index contributed by atoms with van der Waals surface area (Å²) in [4.78, 5) is 12.4. The van der Waals surface area contributed by atoms with Gasteiger partial charge in [-0.15, -0.1) is 0 Å². The highest BCUT2D eigenvalue weighted by Crippen LogP contribution is 2.38. The lowest BCUT2D eigenvalue weighted by molar-refractivity contribution is 0.0920. The first-order chi connectivity index (χ1) is 11.3. The minimum absolute atomic E-state index is 0.00848. The number of ketones is 1. The largest absolute Gasteiger partial charge is 0.485 e. The van der Waals surface area contributed by atoms with Crippen molar-refractivity contribution < 1.29 is 17.9 Å². The van der Waals surface area contributed by atoms with Gasteiger partial charge in [0.25, 0.3) is 0 Å². The topological polar surface area (TPSA) is 91.4 Å². The third-order valence-corrected chi connectivity index (χ3v) is 5.15. The van der Waals surface area contributed by atoms with Crippen LogP contribution < -0.4 is 9.88 Å². The Morgan fingerprint density at radius 2 is 1.88 bits per heavy atom. The van der Waals surface area contributed by atoms with Crippen molar-refractivity contribution >= 4 is 15.8 Å². The number of hydrogen-bond acceptors (Lipinski definition) is 4. The molecule has 7 heteroatoms. The lowest BCUT2D eigenvalue weighted by atomic mass is 10.1. The summed E-state index contributed by atoms with van der Waals surface area (Å²) in [5.41, 5.74) is 2.75. The zero-order chi connectivity index (χ0) is 17.5. The van der Waals surface area contributed by atoms with E-state index in [2.05, 4.69) is 4.57 Å². The normalized spacial score (nSPS) is 14.6. The van der Waals surface area contributed by atoms with Crippen LogP contribution in [-0.4, -0.2) is 25.4 Å². The summed E-state index contributed by atoms with van der Waals surface area (Å²) in [6.45, 7) is 3.87. The number of aryl methyl sites for hydroxylation is 1. The van der Waals surface area contributed by atoms with Crippen molar-refractivity contribution in [2.75, 3.05) is 6.61 Å². The molecule has 6 nitrogen and oxygen atoms in total. The molecule has 0 radical (unpaired) electrons. The van der Waals surface area contributed by atoms with E-state index in [9.17, 15) is 13.2 Å². The second kappa shape index (κ2) is 6.07. The van der Waals surface area contributed by atoms with Crippen molar-refractivity contribution in [3.8, 4) is 5.75 Å². The van der Waals surface area contributed by atoms with Crippen LogP contribution >= 0.6 is 0 Å². The number of sulfonamides is 1. The Morgan fingerprint density at radius 1 is 1.25 bits per heavy atom. The average Bonchev–Trinajstić information content (AvgIpc) is 3.30. The molecule has 1 saturated carbocycles. The van der Waals surface area contributed by atoms with Gasteiger partial charge < -0.3 is 9.30 Å². The number of nitrogens with two attached hydrogens (primary N) is 1. The Labute approximate surface area is 141 Å². The second-order valence-corrected chi connectivity index (χ2v) is 7.68. The van der Waals surface area contributed by atoms with Gasteiger partial charge in [0.05, 0.1) is 4.90 Å². The number of rotatable bonds is 6. The molecule has 1 aromatic carbocycles. The van der Waals surface area contributed by atoms with Crippen molar-refractivity contribution in [3.63, 3.8) is 0 Å². The monoisotopic (exact) mass is 348 g/mol. The Kier molecular flexibility index (Phi) is 4.23. The van der Waals surface area contributed by atoms with Gasteiger partial charge in [-0.25, -0.2) is 13.6 Å². The zero-order valence-corrected chi connectivity index (χ0v) is 14.5. The zero-order valence-electron chi connectivity index (χ0n) is 13.7. The van der Waals surface area contributed by atoms with E-state index in [1.54, 1.807) is 0 Å². The Morgan fingerprint density at radius 3 is 2.42 bits per heavy atom. The van der Waals surface area contributed by atoms with Crippen molar-refractivity contribution in [3.05, 3.63) is 47.3 Å². The number of hydrogen-bond donors (Lipinski definition) is 1. The van der Waals surface area contributed by atoms with Crippen molar-refractivity contribution in [2.45, 2.75) is 37.6 Å².